The molecule has 0 aliphatic carbocycles. The smallest absolute Gasteiger partial charge is 0.0474 e. The molecule has 0 radical (unpaired) electrons. The number of nitrogens with two attached hydrogens (primary N) is 1. The lowest BCUT2D eigenvalue weighted by molar-refractivity contribution is 1.15. The van der Waals surface area contributed by atoms with Gasteiger partial charge in [0.15, 0.2) is 0 Å². The van der Waals surface area contributed by atoms with Crippen LogP contribution >= 0.6 is 0 Å². The summed E-state index contributed by atoms with van der Waals surface area (Å²) < 4.78 is 0. The molecule has 112 valence electrons. The highest BCUT2D eigenvalue weighted by molar-refractivity contribution is 6.13. The molecule has 0 fully saturated rings. The number of rotatable bonds is 3. The minimum absolute atomic E-state index is 0.798. The van der Waals surface area contributed by atoms with Crippen molar-refractivity contribution in [3.8, 4) is 0 Å². The normalized spacial score (nSPS) is 11.0. The minimum atomic E-state index is 0.798. The van der Waals surface area contributed by atoms with Gasteiger partial charge < -0.3 is 11.1 Å². The third-order valence-electron chi connectivity index (χ3n) is 4.27. The predicted octanol–water partition coefficient (Wildman–Crippen LogP) is 5.19. The molecule has 0 heterocycles. The van der Waals surface area contributed by atoms with E-state index in [0.717, 1.165) is 28.7 Å². The number of nitrogen functional groups attached to an aromatic ring is 1. The van der Waals surface area contributed by atoms with Crippen LogP contribution in [0.4, 0.5) is 11.4 Å². The molecule has 0 aromatic heterocycles. The summed E-state index contributed by atoms with van der Waals surface area (Å²) in [5.74, 6) is 0. The number of anilines is 2. The van der Waals surface area contributed by atoms with Crippen LogP contribution in [0.2, 0.25) is 0 Å². The maximum atomic E-state index is 6.40. The molecule has 2 heteroatoms. The van der Waals surface area contributed by atoms with Gasteiger partial charge in [0.05, 0.1) is 0 Å². The number of hydrogen-bond donors (Lipinski definition) is 2. The van der Waals surface area contributed by atoms with Crippen molar-refractivity contribution in [2.45, 2.75) is 6.54 Å². The van der Waals surface area contributed by atoms with Gasteiger partial charge >= 0.3 is 0 Å². The summed E-state index contributed by atoms with van der Waals surface area (Å²) in [7, 11) is 0. The van der Waals surface area contributed by atoms with E-state index in [1.54, 1.807) is 0 Å². The first-order valence-electron chi connectivity index (χ1n) is 7.81. The summed E-state index contributed by atoms with van der Waals surface area (Å²) in [5.41, 5.74) is 9.63. The first kappa shape index (κ1) is 13.6. The van der Waals surface area contributed by atoms with Crippen LogP contribution in [-0.4, -0.2) is 0 Å². The standard InChI is InChI=1S/C21H18N2/c22-21-17-10-5-4-9-16(17)13-19-18(21)11-6-12-20(19)23-14-15-7-2-1-3-8-15/h1-13,23H,14,22H2. The van der Waals surface area contributed by atoms with Crippen molar-refractivity contribution in [1.82, 2.24) is 0 Å². The molecule has 2 nitrogen and oxygen atoms in total. The third-order valence-corrected chi connectivity index (χ3v) is 4.27. The molecule has 3 N–H and O–H groups in total. The Balaban J connectivity index is 1.81. The van der Waals surface area contributed by atoms with Crippen molar-refractivity contribution >= 4 is 32.9 Å². The van der Waals surface area contributed by atoms with Crippen LogP contribution in [0.15, 0.2) is 78.9 Å². The van der Waals surface area contributed by atoms with E-state index in [1.165, 1.54) is 16.3 Å². The second-order valence-electron chi connectivity index (χ2n) is 5.75. The zero-order chi connectivity index (χ0) is 15.6. The van der Waals surface area contributed by atoms with Crippen LogP contribution in [0.3, 0.4) is 0 Å². The monoisotopic (exact) mass is 298 g/mol. The summed E-state index contributed by atoms with van der Waals surface area (Å²) in [5, 5.41) is 8.09. The molecule has 0 spiro atoms. The summed E-state index contributed by atoms with van der Waals surface area (Å²) >= 11 is 0. The van der Waals surface area contributed by atoms with E-state index in [2.05, 4.69) is 66.0 Å². The van der Waals surface area contributed by atoms with Crippen molar-refractivity contribution in [3.05, 3.63) is 84.4 Å². The second-order valence-corrected chi connectivity index (χ2v) is 5.75. The Morgan fingerprint density at radius 2 is 1.43 bits per heavy atom. The van der Waals surface area contributed by atoms with Gasteiger partial charge in [0.25, 0.3) is 0 Å². The predicted molar refractivity (Wildman–Crippen MR) is 99.6 cm³/mol. The van der Waals surface area contributed by atoms with Gasteiger partial charge in [-0.2, -0.15) is 0 Å². The van der Waals surface area contributed by atoms with E-state index in [1.807, 2.05) is 18.2 Å². The van der Waals surface area contributed by atoms with Gasteiger partial charge in [0.1, 0.15) is 0 Å². The van der Waals surface area contributed by atoms with Crippen LogP contribution < -0.4 is 11.1 Å². The van der Waals surface area contributed by atoms with E-state index in [9.17, 15) is 0 Å². The van der Waals surface area contributed by atoms with E-state index in [4.69, 9.17) is 5.73 Å². The maximum Gasteiger partial charge on any atom is 0.0474 e. The van der Waals surface area contributed by atoms with Gasteiger partial charge in [0.2, 0.25) is 0 Å². The number of nitrogens with one attached hydrogen (secondary N) is 1. The van der Waals surface area contributed by atoms with Crippen LogP contribution in [0.1, 0.15) is 5.56 Å². The average molecular weight is 298 g/mol. The van der Waals surface area contributed by atoms with Gasteiger partial charge in [-0.3, -0.25) is 0 Å². The van der Waals surface area contributed by atoms with Gasteiger partial charge in [-0.15, -0.1) is 0 Å². The van der Waals surface area contributed by atoms with Gasteiger partial charge in [-0.05, 0) is 23.1 Å². The Morgan fingerprint density at radius 3 is 2.30 bits per heavy atom. The van der Waals surface area contributed by atoms with E-state index in [0.29, 0.717) is 0 Å². The largest absolute Gasteiger partial charge is 0.398 e. The van der Waals surface area contributed by atoms with Crippen molar-refractivity contribution in [1.29, 1.82) is 0 Å². The summed E-state index contributed by atoms with van der Waals surface area (Å²) in [6.07, 6.45) is 0. The highest BCUT2D eigenvalue weighted by atomic mass is 14.9. The second kappa shape index (κ2) is 5.65. The zero-order valence-electron chi connectivity index (χ0n) is 12.8. The number of fused-ring (bicyclic) bond motifs is 2. The molecule has 0 aliphatic heterocycles. The van der Waals surface area contributed by atoms with Gasteiger partial charge in [-0.25, -0.2) is 0 Å². The van der Waals surface area contributed by atoms with Crippen LogP contribution in [0.25, 0.3) is 21.5 Å². The van der Waals surface area contributed by atoms with E-state index in [-0.39, 0.29) is 0 Å². The number of hydrogen-bond acceptors (Lipinski definition) is 2. The van der Waals surface area contributed by atoms with Crippen molar-refractivity contribution in [2.24, 2.45) is 0 Å². The molecular weight excluding hydrogens is 280 g/mol. The highest BCUT2D eigenvalue weighted by Gasteiger charge is 2.07. The van der Waals surface area contributed by atoms with Gasteiger partial charge in [-0.1, -0.05) is 66.7 Å². The molecule has 0 unspecified atom stereocenters. The Kier molecular flexibility index (Phi) is 3.35. The molecular formula is C21H18N2. The van der Waals surface area contributed by atoms with Gasteiger partial charge in [0, 0.05) is 34.1 Å². The van der Waals surface area contributed by atoms with Crippen LogP contribution in [-0.2, 0) is 6.54 Å². The Morgan fingerprint density at radius 1 is 0.696 bits per heavy atom. The van der Waals surface area contributed by atoms with Crippen LogP contribution in [0.5, 0.6) is 0 Å². The fraction of sp³-hybridized carbons (Fsp3) is 0.0476. The molecule has 23 heavy (non-hydrogen) atoms. The summed E-state index contributed by atoms with van der Waals surface area (Å²) in [6, 6.07) is 27.2. The van der Waals surface area contributed by atoms with Crippen molar-refractivity contribution < 1.29 is 0 Å². The highest BCUT2D eigenvalue weighted by Crippen LogP contribution is 2.34. The number of benzene rings is 4. The topological polar surface area (TPSA) is 38.0 Å². The fourth-order valence-electron chi connectivity index (χ4n) is 3.07. The maximum absolute atomic E-state index is 6.40. The Bertz CT molecular complexity index is 975. The third kappa shape index (κ3) is 2.49. The zero-order valence-corrected chi connectivity index (χ0v) is 12.8. The molecule has 0 saturated heterocycles. The molecule has 0 bridgehead atoms. The first-order valence-corrected chi connectivity index (χ1v) is 7.81. The molecule has 0 atom stereocenters. The summed E-state index contributed by atoms with van der Waals surface area (Å²) in [4.78, 5) is 0. The first-order chi connectivity index (χ1) is 11.3. The molecule has 4 aromatic rings. The Hall–Kier alpha value is -3.00. The average Bonchev–Trinajstić information content (AvgIpc) is 2.61. The van der Waals surface area contributed by atoms with Crippen molar-refractivity contribution in [3.63, 3.8) is 0 Å². The molecule has 0 saturated carbocycles. The molecule has 4 aromatic carbocycles. The SMILES string of the molecule is Nc1c2ccccc2cc2c(NCc3ccccc3)cccc12. The fourth-order valence-corrected chi connectivity index (χ4v) is 3.07. The summed E-state index contributed by atoms with van der Waals surface area (Å²) in [6.45, 7) is 0.798. The quantitative estimate of drug-likeness (QED) is 0.403. The lowest BCUT2D eigenvalue weighted by Gasteiger charge is -2.13. The van der Waals surface area contributed by atoms with Crippen molar-refractivity contribution in [2.75, 3.05) is 11.1 Å². The lowest BCUT2D eigenvalue weighted by Crippen LogP contribution is -2.00. The van der Waals surface area contributed by atoms with E-state index < -0.39 is 0 Å². The molecule has 0 amide bonds. The Labute approximate surface area is 135 Å². The van der Waals surface area contributed by atoms with E-state index >= 15 is 0 Å². The minimum Gasteiger partial charge on any atom is -0.398 e. The lowest BCUT2D eigenvalue weighted by atomic mass is 10.00. The molecule has 0 aliphatic rings. The molecule has 4 rings (SSSR count). The van der Waals surface area contributed by atoms with Crippen LogP contribution in [0, 0.1) is 0 Å².